The number of nitrogens with zero attached hydrogens (tertiary/aromatic N) is 3. The molecule has 3 rings (SSSR count). The summed E-state index contributed by atoms with van der Waals surface area (Å²) in [5, 5.41) is 9.50. The molecule has 0 atom stereocenters. The van der Waals surface area contributed by atoms with Crippen LogP contribution in [0, 0.1) is 6.92 Å². The quantitative estimate of drug-likeness (QED) is 0.580. The molecule has 0 saturated carbocycles. The van der Waals surface area contributed by atoms with Gasteiger partial charge in [-0.15, -0.1) is 10.2 Å². The average molecular weight is 218 g/mol. The highest BCUT2D eigenvalue weighted by atomic mass is 35.5. The van der Waals surface area contributed by atoms with E-state index in [2.05, 4.69) is 16.3 Å². The summed E-state index contributed by atoms with van der Waals surface area (Å²) >= 11 is 6.01. The van der Waals surface area contributed by atoms with Gasteiger partial charge in [-0.3, -0.25) is 4.40 Å². The number of benzene rings is 1. The Hall–Kier alpha value is -1.61. The van der Waals surface area contributed by atoms with Gasteiger partial charge in [-0.1, -0.05) is 29.8 Å². The summed E-state index contributed by atoms with van der Waals surface area (Å²) in [6.45, 7) is 1.92. The Bertz CT molecular complexity index is 657. The first-order valence-corrected chi connectivity index (χ1v) is 5.04. The van der Waals surface area contributed by atoms with E-state index in [0.29, 0.717) is 5.15 Å². The van der Waals surface area contributed by atoms with Crippen molar-refractivity contribution in [3.05, 3.63) is 41.3 Å². The molecule has 74 valence electrons. The van der Waals surface area contributed by atoms with Crippen LogP contribution in [-0.2, 0) is 0 Å². The van der Waals surface area contributed by atoms with Crippen molar-refractivity contribution in [2.45, 2.75) is 6.92 Å². The summed E-state index contributed by atoms with van der Waals surface area (Å²) in [6.07, 6.45) is 0. The monoisotopic (exact) mass is 217 g/mol. The van der Waals surface area contributed by atoms with E-state index < -0.39 is 0 Å². The molecule has 0 N–H and O–H groups in total. The molecule has 4 heteroatoms. The lowest BCUT2D eigenvalue weighted by atomic mass is 10.2. The molecule has 0 aliphatic heterocycles. The molecule has 15 heavy (non-hydrogen) atoms. The molecule has 2 aromatic heterocycles. The zero-order chi connectivity index (χ0) is 10.4. The van der Waals surface area contributed by atoms with E-state index in [0.717, 1.165) is 22.2 Å². The van der Waals surface area contributed by atoms with Gasteiger partial charge in [-0.25, -0.2) is 0 Å². The van der Waals surface area contributed by atoms with Gasteiger partial charge < -0.3 is 0 Å². The molecular weight excluding hydrogens is 210 g/mol. The number of aromatic nitrogens is 3. The van der Waals surface area contributed by atoms with Gasteiger partial charge in [0.05, 0.1) is 11.0 Å². The molecule has 0 fully saturated rings. The first-order chi connectivity index (χ1) is 7.27. The highest BCUT2D eigenvalue weighted by Gasteiger charge is 2.08. The van der Waals surface area contributed by atoms with Crippen molar-refractivity contribution in [3.63, 3.8) is 0 Å². The van der Waals surface area contributed by atoms with E-state index in [4.69, 9.17) is 11.6 Å². The lowest BCUT2D eigenvalue weighted by Gasteiger charge is -2.00. The number of halogens is 1. The smallest absolute Gasteiger partial charge is 0.175 e. The number of aryl methyl sites for hydroxylation is 1. The van der Waals surface area contributed by atoms with Crippen molar-refractivity contribution < 1.29 is 0 Å². The van der Waals surface area contributed by atoms with Crippen LogP contribution in [0.3, 0.4) is 0 Å². The highest BCUT2D eigenvalue weighted by Crippen LogP contribution is 2.24. The second kappa shape index (κ2) is 2.94. The fourth-order valence-electron chi connectivity index (χ4n) is 1.87. The first kappa shape index (κ1) is 8.68. The van der Waals surface area contributed by atoms with E-state index in [1.54, 1.807) is 0 Å². The van der Waals surface area contributed by atoms with Crippen LogP contribution in [0.4, 0.5) is 0 Å². The zero-order valence-electron chi connectivity index (χ0n) is 8.11. The predicted octanol–water partition coefficient (Wildman–Crippen LogP) is 2.84. The van der Waals surface area contributed by atoms with Gasteiger partial charge >= 0.3 is 0 Å². The van der Waals surface area contributed by atoms with Crippen molar-refractivity contribution >= 4 is 28.0 Å². The first-order valence-electron chi connectivity index (χ1n) is 4.66. The number of para-hydroxylation sites is 1. The third kappa shape index (κ3) is 1.13. The van der Waals surface area contributed by atoms with E-state index >= 15 is 0 Å². The van der Waals surface area contributed by atoms with Crippen LogP contribution in [0.1, 0.15) is 5.82 Å². The van der Waals surface area contributed by atoms with Crippen LogP contribution in [-0.4, -0.2) is 14.6 Å². The van der Waals surface area contributed by atoms with Crippen LogP contribution in [0.5, 0.6) is 0 Å². The minimum atomic E-state index is 0.441. The molecule has 0 saturated heterocycles. The maximum atomic E-state index is 6.01. The molecule has 3 aromatic rings. The molecule has 0 bridgehead atoms. The van der Waals surface area contributed by atoms with E-state index in [9.17, 15) is 0 Å². The molecule has 1 aromatic carbocycles. The Kier molecular flexibility index (Phi) is 1.70. The number of hydrogen-bond acceptors (Lipinski definition) is 2. The van der Waals surface area contributed by atoms with Crippen molar-refractivity contribution in [3.8, 4) is 0 Å². The van der Waals surface area contributed by atoms with Gasteiger partial charge in [0.25, 0.3) is 0 Å². The fourth-order valence-corrected chi connectivity index (χ4v) is 2.04. The number of rotatable bonds is 0. The summed E-state index contributed by atoms with van der Waals surface area (Å²) in [5.74, 6) is 0.843. The fraction of sp³-hybridized carbons (Fsp3) is 0.0909. The van der Waals surface area contributed by atoms with Gasteiger partial charge in [0.2, 0.25) is 0 Å². The normalized spacial score (nSPS) is 11.3. The molecule has 0 spiro atoms. The van der Waals surface area contributed by atoms with Crippen LogP contribution in [0.2, 0.25) is 5.15 Å². The topological polar surface area (TPSA) is 30.2 Å². The lowest BCUT2D eigenvalue weighted by molar-refractivity contribution is 0.897. The second-order valence-electron chi connectivity index (χ2n) is 3.46. The third-order valence-corrected chi connectivity index (χ3v) is 2.80. The average Bonchev–Trinajstić information content (AvgIpc) is 2.64. The number of hydrogen-bond donors (Lipinski definition) is 0. The van der Waals surface area contributed by atoms with E-state index in [1.807, 2.05) is 35.6 Å². The van der Waals surface area contributed by atoms with Crippen molar-refractivity contribution in [2.24, 2.45) is 0 Å². The highest BCUT2D eigenvalue weighted by molar-refractivity contribution is 6.32. The molecular formula is C11H8ClN3. The van der Waals surface area contributed by atoms with Gasteiger partial charge in [-0.2, -0.15) is 0 Å². The van der Waals surface area contributed by atoms with Gasteiger partial charge in [0, 0.05) is 5.39 Å². The summed E-state index contributed by atoms with van der Waals surface area (Å²) < 4.78 is 2.02. The Morgan fingerprint density at radius 2 is 1.93 bits per heavy atom. The van der Waals surface area contributed by atoms with Crippen molar-refractivity contribution in [1.82, 2.24) is 14.6 Å². The molecule has 0 radical (unpaired) electrons. The van der Waals surface area contributed by atoms with E-state index in [1.165, 1.54) is 0 Å². The van der Waals surface area contributed by atoms with Gasteiger partial charge in [0.15, 0.2) is 5.15 Å². The Labute approximate surface area is 91.3 Å². The summed E-state index contributed by atoms with van der Waals surface area (Å²) in [5.41, 5.74) is 2.02. The largest absolute Gasteiger partial charge is 0.293 e. The molecule has 3 nitrogen and oxygen atoms in total. The molecule has 0 amide bonds. The minimum Gasteiger partial charge on any atom is -0.293 e. The SMILES string of the molecule is Cc1nnc(Cl)c2cc3ccccc3n12. The number of fused-ring (bicyclic) bond motifs is 3. The molecule has 0 aliphatic rings. The van der Waals surface area contributed by atoms with Crippen LogP contribution < -0.4 is 0 Å². The Morgan fingerprint density at radius 1 is 1.13 bits per heavy atom. The van der Waals surface area contributed by atoms with Crippen molar-refractivity contribution in [1.29, 1.82) is 0 Å². The predicted molar refractivity (Wildman–Crippen MR) is 60.2 cm³/mol. The van der Waals surface area contributed by atoms with Crippen LogP contribution in [0.15, 0.2) is 30.3 Å². The summed E-state index contributed by atoms with van der Waals surface area (Å²) in [7, 11) is 0. The Balaban J connectivity index is 2.66. The maximum absolute atomic E-state index is 6.01. The lowest BCUT2D eigenvalue weighted by Crippen LogP contribution is -1.97. The Morgan fingerprint density at radius 3 is 2.80 bits per heavy atom. The summed E-state index contributed by atoms with van der Waals surface area (Å²) in [4.78, 5) is 0. The second-order valence-corrected chi connectivity index (χ2v) is 3.82. The van der Waals surface area contributed by atoms with Crippen molar-refractivity contribution in [2.75, 3.05) is 0 Å². The third-order valence-electron chi connectivity index (χ3n) is 2.53. The minimum absolute atomic E-state index is 0.441. The zero-order valence-corrected chi connectivity index (χ0v) is 8.86. The summed E-state index contributed by atoms with van der Waals surface area (Å²) in [6, 6.07) is 10.1. The molecule has 2 heterocycles. The van der Waals surface area contributed by atoms with E-state index in [-0.39, 0.29) is 0 Å². The molecule has 0 unspecified atom stereocenters. The molecule has 0 aliphatic carbocycles. The van der Waals surface area contributed by atoms with Crippen LogP contribution in [0.25, 0.3) is 16.4 Å². The van der Waals surface area contributed by atoms with Gasteiger partial charge in [0.1, 0.15) is 5.82 Å². The standard InChI is InChI=1S/C11H8ClN3/c1-7-13-14-11(12)10-6-8-4-2-3-5-9(8)15(7)10/h2-6H,1H3. The maximum Gasteiger partial charge on any atom is 0.175 e. The van der Waals surface area contributed by atoms with Crippen LogP contribution >= 0.6 is 11.6 Å². The van der Waals surface area contributed by atoms with Gasteiger partial charge in [-0.05, 0) is 19.1 Å².